The molecule has 0 aliphatic carbocycles. The van der Waals surface area contributed by atoms with Gasteiger partial charge in [0.2, 0.25) is 11.8 Å². The summed E-state index contributed by atoms with van der Waals surface area (Å²) in [5.41, 5.74) is 7.28. The van der Waals surface area contributed by atoms with Crippen molar-refractivity contribution in [3.63, 3.8) is 0 Å². The van der Waals surface area contributed by atoms with E-state index in [4.69, 9.17) is 4.42 Å². The van der Waals surface area contributed by atoms with E-state index in [9.17, 15) is 0 Å². The first-order chi connectivity index (χ1) is 16.7. The van der Waals surface area contributed by atoms with Gasteiger partial charge in [0.1, 0.15) is 0 Å². The highest BCUT2D eigenvalue weighted by Gasteiger charge is 2.16. The minimum absolute atomic E-state index is 0.0532. The summed E-state index contributed by atoms with van der Waals surface area (Å²) in [5.74, 6) is 1.15. The lowest BCUT2D eigenvalue weighted by atomic mass is 9.98. The SMILES string of the molecule is Cc1ccc(-c2nnc([C@@H](C)NCc3ccccc3-c3ccc(CN4CCCC4)cc3)o2)cc1. The van der Waals surface area contributed by atoms with Crippen molar-refractivity contribution < 1.29 is 4.42 Å². The van der Waals surface area contributed by atoms with Crippen LogP contribution in [-0.2, 0) is 13.1 Å². The third-order valence-electron chi connectivity index (χ3n) is 6.60. The first kappa shape index (κ1) is 22.5. The molecule has 1 aromatic heterocycles. The molecule has 0 saturated carbocycles. The zero-order valence-electron chi connectivity index (χ0n) is 20.0. The second kappa shape index (κ2) is 10.3. The highest BCUT2D eigenvalue weighted by molar-refractivity contribution is 5.67. The summed E-state index contributed by atoms with van der Waals surface area (Å²) < 4.78 is 5.95. The highest BCUT2D eigenvalue weighted by Crippen LogP contribution is 2.26. The molecule has 34 heavy (non-hydrogen) atoms. The number of hydrogen-bond donors (Lipinski definition) is 1. The lowest BCUT2D eigenvalue weighted by Gasteiger charge is -2.16. The molecule has 5 rings (SSSR count). The maximum Gasteiger partial charge on any atom is 0.247 e. The fourth-order valence-electron chi connectivity index (χ4n) is 4.52. The van der Waals surface area contributed by atoms with Gasteiger partial charge in [-0.15, -0.1) is 10.2 Å². The predicted molar refractivity (Wildman–Crippen MR) is 136 cm³/mol. The van der Waals surface area contributed by atoms with Crippen LogP contribution in [-0.4, -0.2) is 28.2 Å². The van der Waals surface area contributed by atoms with E-state index in [1.807, 2.05) is 12.1 Å². The van der Waals surface area contributed by atoms with Crippen LogP contribution in [0.4, 0.5) is 0 Å². The molecule has 5 heteroatoms. The lowest BCUT2D eigenvalue weighted by molar-refractivity contribution is 0.331. The van der Waals surface area contributed by atoms with Crippen LogP contribution < -0.4 is 5.32 Å². The molecule has 0 spiro atoms. The van der Waals surface area contributed by atoms with Crippen molar-refractivity contribution in [2.75, 3.05) is 13.1 Å². The van der Waals surface area contributed by atoms with Gasteiger partial charge in [0.05, 0.1) is 6.04 Å². The van der Waals surface area contributed by atoms with Crippen molar-refractivity contribution in [1.29, 1.82) is 0 Å². The van der Waals surface area contributed by atoms with Gasteiger partial charge in [0.15, 0.2) is 0 Å². The Bertz CT molecular complexity index is 1210. The molecule has 1 aliphatic heterocycles. The third-order valence-corrected chi connectivity index (χ3v) is 6.60. The maximum atomic E-state index is 5.95. The Labute approximate surface area is 201 Å². The molecule has 1 aliphatic rings. The zero-order chi connectivity index (χ0) is 23.3. The molecule has 0 unspecified atom stereocenters. The minimum atomic E-state index is -0.0532. The number of rotatable bonds is 8. The van der Waals surface area contributed by atoms with Crippen molar-refractivity contribution in [2.24, 2.45) is 0 Å². The summed E-state index contributed by atoms with van der Waals surface area (Å²) in [6, 6.07) is 25.7. The monoisotopic (exact) mass is 452 g/mol. The van der Waals surface area contributed by atoms with E-state index in [-0.39, 0.29) is 6.04 Å². The molecular weight excluding hydrogens is 420 g/mol. The fraction of sp³-hybridized carbons (Fsp3) is 0.310. The number of nitrogens with zero attached hydrogens (tertiary/aromatic N) is 3. The van der Waals surface area contributed by atoms with Gasteiger partial charge in [0.25, 0.3) is 0 Å². The van der Waals surface area contributed by atoms with Crippen molar-refractivity contribution in [2.45, 2.75) is 45.8 Å². The van der Waals surface area contributed by atoms with Crippen LogP contribution in [0.15, 0.2) is 77.2 Å². The van der Waals surface area contributed by atoms with E-state index in [1.54, 1.807) is 0 Å². The molecule has 1 N–H and O–H groups in total. The van der Waals surface area contributed by atoms with Crippen molar-refractivity contribution in [3.8, 4) is 22.6 Å². The van der Waals surface area contributed by atoms with Gasteiger partial charge < -0.3 is 9.73 Å². The number of aryl methyl sites for hydroxylation is 1. The molecule has 5 nitrogen and oxygen atoms in total. The molecule has 1 atom stereocenters. The highest BCUT2D eigenvalue weighted by atomic mass is 16.4. The van der Waals surface area contributed by atoms with Crippen molar-refractivity contribution in [1.82, 2.24) is 20.4 Å². The Hall–Kier alpha value is -3.28. The average Bonchev–Trinajstić information content (AvgIpc) is 3.57. The Balaban J connectivity index is 1.25. The molecule has 174 valence electrons. The fourth-order valence-corrected chi connectivity index (χ4v) is 4.52. The molecule has 1 saturated heterocycles. The molecule has 1 fully saturated rings. The van der Waals surface area contributed by atoms with Crippen LogP contribution in [0.2, 0.25) is 0 Å². The number of aromatic nitrogens is 2. The van der Waals surface area contributed by atoms with Gasteiger partial charge in [-0.1, -0.05) is 66.2 Å². The van der Waals surface area contributed by atoms with Crippen LogP contribution in [0.25, 0.3) is 22.6 Å². The van der Waals surface area contributed by atoms with Gasteiger partial charge in [-0.25, -0.2) is 0 Å². The van der Waals surface area contributed by atoms with Crippen LogP contribution in [0, 0.1) is 6.92 Å². The molecule has 3 aromatic carbocycles. The van der Waals surface area contributed by atoms with Gasteiger partial charge in [0, 0.05) is 18.7 Å². The van der Waals surface area contributed by atoms with Gasteiger partial charge in [-0.2, -0.15) is 0 Å². The lowest BCUT2D eigenvalue weighted by Crippen LogP contribution is -2.19. The molecule has 0 radical (unpaired) electrons. The summed E-state index contributed by atoms with van der Waals surface area (Å²) in [7, 11) is 0. The minimum Gasteiger partial charge on any atom is -0.419 e. The van der Waals surface area contributed by atoms with E-state index >= 15 is 0 Å². The van der Waals surface area contributed by atoms with Gasteiger partial charge >= 0.3 is 0 Å². The second-order valence-corrected chi connectivity index (χ2v) is 9.25. The summed E-state index contributed by atoms with van der Waals surface area (Å²) in [6.45, 7) is 8.34. The average molecular weight is 453 g/mol. The van der Waals surface area contributed by atoms with Gasteiger partial charge in [-0.3, -0.25) is 4.90 Å². The normalized spacial score (nSPS) is 15.0. The van der Waals surface area contributed by atoms with Crippen LogP contribution in [0.5, 0.6) is 0 Å². The molecule has 0 amide bonds. The Morgan fingerprint density at radius 2 is 1.59 bits per heavy atom. The number of hydrogen-bond acceptors (Lipinski definition) is 5. The number of nitrogens with one attached hydrogen (secondary N) is 1. The van der Waals surface area contributed by atoms with Crippen LogP contribution in [0.3, 0.4) is 0 Å². The Morgan fingerprint density at radius 3 is 2.35 bits per heavy atom. The summed E-state index contributed by atoms with van der Waals surface area (Å²) in [5, 5.41) is 12.1. The third kappa shape index (κ3) is 5.27. The van der Waals surface area contributed by atoms with Crippen LogP contribution >= 0.6 is 0 Å². The van der Waals surface area contributed by atoms with E-state index < -0.39 is 0 Å². The second-order valence-electron chi connectivity index (χ2n) is 9.25. The molecule has 2 heterocycles. The standard InChI is InChI=1S/C29H32N4O/c1-21-9-13-25(14-10-21)29-32-31-28(34-29)22(2)30-19-26-7-3-4-8-27(26)24-15-11-23(12-16-24)20-33-17-5-6-18-33/h3-4,7-16,22,30H,5-6,17-20H2,1-2H3/t22-/m1/s1. The van der Waals surface area contributed by atoms with Crippen molar-refractivity contribution >= 4 is 0 Å². The van der Waals surface area contributed by atoms with E-state index in [1.165, 1.54) is 53.7 Å². The summed E-state index contributed by atoms with van der Waals surface area (Å²) >= 11 is 0. The first-order valence-electron chi connectivity index (χ1n) is 12.2. The predicted octanol–water partition coefficient (Wildman–Crippen LogP) is 6.16. The summed E-state index contributed by atoms with van der Waals surface area (Å²) in [4.78, 5) is 2.54. The first-order valence-corrected chi connectivity index (χ1v) is 12.2. The Morgan fingerprint density at radius 1 is 0.882 bits per heavy atom. The van der Waals surface area contributed by atoms with Gasteiger partial charge in [-0.05, 0) is 74.2 Å². The van der Waals surface area contributed by atoms with E-state index in [0.29, 0.717) is 11.8 Å². The van der Waals surface area contributed by atoms with Crippen molar-refractivity contribution in [3.05, 3.63) is 95.4 Å². The summed E-state index contributed by atoms with van der Waals surface area (Å²) in [6.07, 6.45) is 2.65. The number of benzene rings is 3. The van der Waals surface area contributed by atoms with E-state index in [2.05, 4.69) is 94.9 Å². The molecule has 4 aromatic rings. The maximum absolute atomic E-state index is 5.95. The Kier molecular flexibility index (Phi) is 6.84. The smallest absolute Gasteiger partial charge is 0.247 e. The topological polar surface area (TPSA) is 54.2 Å². The van der Waals surface area contributed by atoms with Crippen LogP contribution in [0.1, 0.15) is 48.4 Å². The van der Waals surface area contributed by atoms with E-state index in [0.717, 1.165) is 18.7 Å². The molecule has 0 bridgehead atoms. The zero-order valence-corrected chi connectivity index (χ0v) is 20.0. The quantitative estimate of drug-likeness (QED) is 0.347. The largest absolute Gasteiger partial charge is 0.419 e. The number of likely N-dealkylation sites (tertiary alicyclic amines) is 1. The molecular formula is C29H32N4O.